The minimum absolute atomic E-state index is 0.249. The van der Waals surface area contributed by atoms with E-state index in [9.17, 15) is 13.7 Å². The Labute approximate surface area is 200 Å². The highest BCUT2D eigenvalue weighted by Crippen LogP contribution is 2.30. The van der Waals surface area contributed by atoms with Gasteiger partial charge in [-0.05, 0) is 60.3 Å². The molecule has 6 nitrogen and oxygen atoms in total. The summed E-state index contributed by atoms with van der Waals surface area (Å²) in [4.78, 5) is 4.41. The second kappa shape index (κ2) is 11.0. The third kappa shape index (κ3) is 5.67. The zero-order valence-electron chi connectivity index (χ0n) is 18.7. The highest BCUT2D eigenvalue weighted by Gasteiger charge is 2.18. The van der Waals surface area contributed by atoms with Crippen molar-refractivity contribution in [3.8, 4) is 17.2 Å². The summed E-state index contributed by atoms with van der Waals surface area (Å²) in [7, 11) is -3.72. The molecule has 0 aliphatic carbocycles. The highest BCUT2D eigenvalue weighted by atomic mass is 32.2. The van der Waals surface area contributed by atoms with Crippen LogP contribution in [0.4, 0.5) is 0 Å². The van der Waals surface area contributed by atoms with E-state index in [0.717, 1.165) is 41.5 Å². The number of nitrogens with one attached hydrogen (secondary N) is 2. The van der Waals surface area contributed by atoms with Crippen LogP contribution in [0.5, 0.6) is 0 Å². The molecule has 0 radical (unpaired) electrons. The Bertz CT molecular complexity index is 1410. The van der Waals surface area contributed by atoms with Crippen molar-refractivity contribution >= 4 is 20.8 Å². The summed E-state index contributed by atoms with van der Waals surface area (Å²) in [6.07, 6.45) is 4.96. The van der Waals surface area contributed by atoms with Crippen molar-refractivity contribution in [1.29, 1.82) is 5.26 Å². The molecule has 1 heterocycles. The van der Waals surface area contributed by atoms with Gasteiger partial charge in [0.05, 0.1) is 16.5 Å². The van der Waals surface area contributed by atoms with Gasteiger partial charge in [-0.3, -0.25) is 4.98 Å². The van der Waals surface area contributed by atoms with E-state index in [2.05, 4.69) is 21.1 Å². The van der Waals surface area contributed by atoms with Crippen LogP contribution < -0.4 is 10.0 Å². The molecule has 0 atom stereocenters. The molecule has 0 amide bonds. The Hall–Kier alpha value is -3.57. The number of aryl methyl sites for hydroxylation is 1. The van der Waals surface area contributed by atoms with Crippen LogP contribution in [-0.4, -0.2) is 33.0 Å². The number of rotatable bonds is 10. The Morgan fingerprint density at radius 1 is 0.882 bits per heavy atom. The first-order valence-corrected chi connectivity index (χ1v) is 12.7. The lowest BCUT2D eigenvalue weighted by atomic mass is 10.0. The summed E-state index contributed by atoms with van der Waals surface area (Å²) in [5.41, 5.74) is 3.52. The van der Waals surface area contributed by atoms with E-state index >= 15 is 0 Å². The molecular formula is C27H26N4O2S. The van der Waals surface area contributed by atoms with Gasteiger partial charge in [0.15, 0.2) is 0 Å². The van der Waals surface area contributed by atoms with Gasteiger partial charge in [-0.25, -0.2) is 13.1 Å². The monoisotopic (exact) mass is 470 g/mol. The van der Waals surface area contributed by atoms with Gasteiger partial charge in [-0.15, -0.1) is 0 Å². The van der Waals surface area contributed by atoms with Crippen molar-refractivity contribution in [2.75, 3.05) is 19.6 Å². The summed E-state index contributed by atoms with van der Waals surface area (Å²) in [6.45, 7) is 1.52. The molecule has 0 fully saturated rings. The largest absolute Gasteiger partial charge is 0.315 e. The molecule has 172 valence electrons. The minimum Gasteiger partial charge on any atom is -0.315 e. The smallest absolute Gasteiger partial charge is 0.241 e. The van der Waals surface area contributed by atoms with Crippen molar-refractivity contribution in [3.05, 3.63) is 96.3 Å². The zero-order chi connectivity index (χ0) is 23.8. The first-order valence-electron chi connectivity index (χ1n) is 11.2. The predicted molar refractivity (Wildman–Crippen MR) is 135 cm³/mol. The van der Waals surface area contributed by atoms with Gasteiger partial charge >= 0.3 is 0 Å². The van der Waals surface area contributed by atoms with Gasteiger partial charge in [-0.2, -0.15) is 5.26 Å². The molecular weight excluding hydrogens is 444 g/mol. The van der Waals surface area contributed by atoms with Gasteiger partial charge in [0.1, 0.15) is 0 Å². The number of nitriles is 1. The molecule has 0 saturated carbocycles. The minimum atomic E-state index is -3.72. The zero-order valence-corrected chi connectivity index (χ0v) is 19.6. The Kier molecular flexibility index (Phi) is 7.65. The molecule has 0 unspecified atom stereocenters. The quantitative estimate of drug-likeness (QED) is 0.338. The van der Waals surface area contributed by atoms with E-state index in [-0.39, 0.29) is 11.4 Å². The van der Waals surface area contributed by atoms with Crippen molar-refractivity contribution < 1.29 is 8.42 Å². The maximum absolute atomic E-state index is 13.2. The van der Waals surface area contributed by atoms with Crippen LogP contribution in [0, 0.1) is 11.3 Å². The standard InChI is InChI=1S/C27H26N4O2S/c28-19-23-10-5-4-9-21(23)11-6-13-29-15-16-31-34(32,33)27-18-24(22-7-2-1-3-8-22)17-25-20-30-14-12-26(25)27/h1-5,7-10,12,14,17-18,20,29,31H,6,11,13,15-16H2. The molecule has 3 aromatic carbocycles. The second-order valence-corrected chi connectivity index (χ2v) is 9.69. The summed E-state index contributed by atoms with van der Waals surface area (Å²) in [6, 6.07) is 24.9. The van der Waals surface area contributed by atoms with Crippen LogP contribution in [0.1, 0.15) is 17.5 Å². The van der Waals surface area contributed by atoms with Gasteiger partial charge in [-0.1, -0.05) is 48.5 Å². The van der Waals surface area contributed by atoms with E-state index in [0.29, 0.717) is 17.5 Å². The molecule has 0 saturated heterocycles. The van der Waals surface area contributed by atoms with E-state index < -0.39 is 10.0 Å². The van der Waals surface area contributed by atoms with Crippen molar-refractivity contribution in [2.45, 2.75) is 17.7 Å². The van der Waals surface area contributed by atoms with Crippen molar-refractivity contribution in [3.63, 3.8) is 0 Å². The van der Waals surface area contributed by atoms with Crippen LogP contribution in [0.15, 0.2) is 90.1 Å². The van der Waals surface area contributed by atoms with Gasteiger partial charge < -0.3 is 5.32 Å². The maximum atomic E-state index is 13.2. The number of hydrogen-bond donors (Lipinski definition) is 2. The fraction of sp³-hybridized carbons (Fsp3) is 0.185. The summed E-state index contributed by atoms with van der Waals surface area (Å²) in [5.74, 6) is 0. The Balaban J connectivity index is 1.38. The van der Waals surface area contributed by atoms with Gasteiger partial charge in [0.25, 0.3) is 0 Å². The normalized spacial score (nSPS) is 11.4. The molecule has 0 spiro atoms. The van der Waals surface area contributed by atoms with E-state index in [4.69, 9.17) is 0 Å². The summed E-state index contributed by atoms with van der Waals surface area (Å²) in [5, 5.41) is 13.9. The number of fused-ring (bicyclic) bond motifs is 1. The lowest BCUT2D eigenvalue weighted by molar-refractivity contribution is 0.575. The number of aromatic nitrogens is 1. The molecule has 1 aromatic heterocycles. The first kappa shape index (κ1) is 23.6. The number of pyridine rings is 1. The van der Waals surface area contributed by atoms with Crippen LogP contribution in [-0.2, 0) is 16.4 Å². The van der Waals surface area contributed by atoms with E-state index in [1.807, 2.05) is 60.7 Å². The molecule has 0 bridgehead atoms. The number of nitrogens with zero attached hydrogens (tertiary/aromatic N) is 2. The molecule has 0 aliphatic heterocycles. The first-order chi connectivity index (χ1) is 16.6. The highest BCUT2D eigenvalue weighted by molar-refractivity contribution is 7.89. The lowest BCUT2D eigenvalue weighted by Gasteiger charge is -2.13. The van der Waals surface area contributed by atoms with Gasteiger partial charge in [0.2, 0.25) is 10.0 Å². The number of sulfonamides is 1. The maximum Gasteiger partial charge on any atom is 0.241 e. The SMILES string of the molecule is N#Cc1ccccc1CCCNCCNS(=O)(=O)c1cc(-c2ccccc2)cc2cnccc12. The number of benzene rings is 3. The molecule has 7 heteroatoms. The Morgan fingerprint density at radius 3 is 2.50 bits per heavy atom. The molecule has 2 N–H and O–H groups in total. The average Bonchev–Trinajstić information content (AvgIpc) is 2.88. The lowest BCUT2D eigenvalue weighted by Crippen LogP contribution is -2.32. The van der Waals surface area contributed by atoms with Crippen LogP contribution >= 0.6 is 0 Å². The van der Waals surface area contributed by atoms with E-state index in [1.54, 1.807) is 24.5 Å². The van der Waals surface area contributed by atoms with E-state index in [1.165, 1.54) is 0 Å². The van der Waals surface area contributed by atoms with Crippen molar-refractivity contribution in [1.82, 2.24) is 15.0 Å². The average molecular weight is 471 g/mol. The second-order valence-electron chi connectivity index (χ2n) is 7.96. The molecule has 0 aliphatic rings. The summed E-state index contributed by atoms with van der Waals surface area (Å²) >= 11 is 0. The molecule has 4 rings (SSSR count). The summed E-state index contributed by atoms with van der Waals surface area (Å²) < 4.78 is 29.1. The third-order valence-corrected chi connectivity index (χ3v) is 7.14. The van der Waals surface area contributed by atoms with Crippen LogP contribution in [0.25, 0.3) is 21.9 Å². The van der Waals surface area contributed by atoms with Crippen LogP contribution in [0.2, 0.25) is 0 Å². The third-order valence-electron chi connectivity index (χ3n) is 5.64. The number of hydrogen-bond acceptors (Lipinski definition) is 5. The Morgan fingerprint density at radius 2 is 1.68 bits per heavy atom. The van der Waals surface area contributed by atoms with Gasteiger partial charge in [0, 0.05) is 36.3 Å². The molecule has 4 aromatic rings. The topological polar surface area (TPSA) is 94.9 Å². The fourth-order valence-corrected chi connectivity index (χ4v) is 5.21. The predicted octanol–water partition coefficient (Wildman–Crippen LogP) is 4.27. The molecule has 34 heavy (non-hydrogen) atoms. The van der Waals surface area contributed by atoms with Crippen LogP contribution in [0.3, 0.4) is 0 Å². The fourth-order valence-electron chi connectivity index (χ4n) is 3.92. The van der Waals surface area contributed by atoms with Crippen molar-refractivity contribution in [2.24, 2.45) is 0 Å².